The van der Waals surface area contributed by atoms with Crippen LogP contribution in [0.5, 0.6) is 0 Å². The largest absolute Gasteiger partial charge is 0.335 e. The summed E-state index contributed by atoms with van der Waals surface area (Å²) in [6, 6.07) is 5.52. The summed E-state index contributed by atoms with van der Waals surface area (Å²) in [5, 5.41) is 2.52. The summed E-state index contributed by atoms with van der Waals surface area (Å²) in [7, 11) is 1.49. The first-order valence-corrected chi connectivity index (χ1v) is 7.03. The van der Waals surface area contributed by atoms with Gasteiger partial charge < -0.3 is 15.1 Å². The molecule has 1 saturated heterocycles. The monoisotopic (exact) mass is 307 g/mol. The molecule has 1 N–H and O–H groups in total. The number of halogens is 1. The third-order valence-corrected chi connectivity index (χ3v) is 3.41. The van der Waals surface area contributed by atoms with Gasteiger partial charge in [0.15, 0.2) is 0 Å². The van der Waals surface area contributed by atoms with Crippen molar-refractivity contribution in [3.8, 4) is 0 Å². The summed E-state index contributed by atoms with van der Waals surface area (Å²) in [5.74, 6) is -1.21. The number of nitrogens with zero attached hydrogens (tertiary/aromatic N) is 2. The molecule has 6 nitrogen and oxygen atoms in total. The molecule has 0 aliphatic carbocycles. The second-order valence-corrected chi connectivity index (χ2v) is 5.23. The van der Waals surface area contributed by atoms with E-state index < -0.39 is 11.7 Å². The number of likely N-dealkylation sites (N-methyl/N-ethyl adjacent to an activating group) is 1. The van der Waals surface area contributed by atoms with Crippen LogP contribution in [0, 0.1) is 5.82 Å². The van der Waals surface area contributed by atoms with Gasteiger partial charge >= 0.3 is 0 Å². The Morgan fingerprint density at radius 1 is 1.41 bits per heavy atom. The van der Waals surface area contributed by atoms with Gasteiger partial charge in [0.2, 0.25) is 17.7 Å². The second kappa shape index (κ2) is 7.02. The quantitative estimate of drug-likeness (QED) is 0.876. The number of nitrogens with one attached hydrogen (secondary N) is 1. The SMILES string of the molecule is CN(CC(=O)Nc1cccc(F)c1)C(=O)CN1CCCC1=O. The first kappa shape index (κ1) is 15.9. The number of hydrogen-bond acceptors (Lipinski definition) is 3. The molecule has 1 aromatic rings. The Hall–Kier alpha value is -2.44. The molecule has 0 spiro atoms. The van der Waals surface area contributed by atoms with Crippen molar-refractivity contribution in [1.82, 2.24) is 9.80 Å². The fourth-order valence-corrected chi connectivity index (χ4v) is 2.23. The summed E-state index contributed by atoms with van der Waals surface area (Å²) in [5.41, 5.74) is 0.334. The Kier molecular flexibility index (Phi) is 5.08. The zero-order valence-electron chi connectivity index (χ0n) is 12.3. The van der Waals surface area contributed by atoms with Crippen LogP contribution in [0.15, 0.2) is 24.3 Å². The Labute approximate surface area is 127 Å². The van der Waals surface area contributed by atoms with Gasteiger partial charge in [-0.1, -0.05) is 6.07 Å². The standard InChI is InChI=1S/C15H18FN3O3/c1-18(15(22)10-19-7-3-6-14(19)21)9-13(20)17-12-5-2-4-11(16)8-12/h2,4-5,8H,3,6-7,9-10H2,1H3,(H,17,20). The highest BCUT2D eigenvalue weighted by Crippen LogP contribution is 2.10. The van der Waals surface area contributed by atoms with Crippen LogP contribution < -0.4 is 5.32 Å². The van der Waals surface area contributed by atoms with Crippen LogP contribution in [0.2, 0.25) is 0 Å². The minimum absolute atomic E-state index is 0.0113. The molecule has 0 bridgehead atoms. The molecular weight excluding hydrogens is 289 g/mol. The van der Waals surface area contributed by atoms with E-state index in [0.717, 1.165) is 6.42 Å². The van der Waals surface area contributed by atoms with E-state index in [1.807, 2.05) is 0 Å². The van der Waals surface area contributed by atoms with E-state index in [0.29, 0.717) is 18.7 Å². The van der Waals surface area contributed by atoms with Crippen LogP contribution in [0.25, 0.3) is 0 Å². The molecule has 0 atom stereocenters. The Balaban J connectivity index is 1.82. The van der Waals surface area contributed by atoms with E-state index in [9.17, 15) is 18.8 Å². The lowest BCUT2D eigenvalue weighted by molar-refractivity contribution is -0.138. The molecule has 22 heavy (non-hydrogen) atoms. The van der Waals surface area contributed by atoms with Crippen LogP contribution in [-0.2, 0) is 14.4 Å². The molecule has 118 valence electrons. The van der Waals surface area contributed by atoms with Crippen LogP contribution in [0.1, 0.15) is 12.8 Å². The number of hydrogen-bond donors (Lipinski definition) is 1. The van der Waals surface area contributed by atoms with E-state index in [-0.39, 0.29) is 24.9 Å². The van der Waals surface area contributed by atoms with Gasteiger partial charge in [-0.3, -0.25) is 14.4 Å². The maximum atomic E-state index is 13.0. The van der Waals surface area contributed by atoms with E-state index >= 15 is 0 Å². The molecule has 3 amide bonds. The van der Waals surface area contributed by atoms with Crippen molar-refractivity contribution < 1.29 is 18.8 Å². The summed E-state index contributed by atoms with van der Waals surface area (Å²) < 4.78 is 13.0. The first-order chi connectivity index (χ1) is 10.5. The lowest BCUT2D eigenvalue weighted by Gasteiger charge is -2.21. The lowest BCUT2D eigenvalue weighted by Crippen LogP contribution is -2.42. The maximum absolute atomic E-state index is 13.0. The molecular formula is C15H18FN3O3. The molecule has 1 fully saturated rings. The fraction of sp³-hybridized carbons (Fsp3) is 0.400. The molecule has 0 saturated carbocycles. The third-order valence-electron chi connectivity index (χ3n) is 3.41. The van der Waals surface area contributed by atoms with Crippen LogP contribution >= 0.6 is 0 Å². The van der Waals surface area contributed by atoms with Gasteiger partial charge in [-0.25, -0.2) is 4.39 Å². The average Bonchev–Trinajstić information content (AvgIpc) is 2.84. The van der Waals surface area contributed by atoms with Crippen molar-refractivity contribution in [2.75, 3.05) is 32.0 Å². The number of carbonyl (C=O) groups is 3. The molecule has 1 aliphatic rings. The summed E-state index contributed by atoms with van der Waals surface area (Å²) in [4.78, 5) is 38.0. The van der Waals surface area contributed by atoms with Crippen molar-refractivity contribution in [3.05, 3.63) is 30.1 Å². The third kappa shape index (κ3) is 4.28. The molecule has 1 heterocycles. The second-order valence-electron chi connectivity index (χ2n) is 5.23. The number of likely N-dealkylation sites (tertiary alicyclic amines) is 1. The van der Waals surface area contributed by atoms with Crippen molar-refractivity contribution in [2.45, 2.75) is 12.8 Å². The van der Waals surface area contributed by atoms with Gasteiger partial charge in [-0.15, -0.1) is 0 Å². The Morgan fingerprint density at radius 3 is 2.82 bits per heavy atom. The van der Waals surface area contributed by atoms with E-state index in [4.69, 9.17) is 0 Å². The van der Waals surface area contributed by atoms with E-state index in [1.54, 1.807) is 6.07 Å². The van der Waals surface area contributed by atoms with Gasteiger partial charge in [0.05, 0.1) is 13.1 Å². The molecule has 7 heteroatoms. The Morgan fingerprint density at radius 2 is 2.18 bits per heavy atom. The van der Waals surface area contributed by atoms with Crippen molar-refractivity contribution in [1.29, 1.82) is 0 Å². The molecule has 1 aromatic carbocycles. The first-order valence-electron chi connectivity index (χ1n) is 7.03. The molecule has 0 radical (unpaired) electrons. The maximum Gasteiger partial charge on any atom is 0.243 e. The highest BCUT2D eigenvalue weighted by molar-refractivity contribution is 5.95. The van der Waals surface area contributed by atoms with Gasteiger partial charge in [0.1, 0.15) is 5.82 Å². The minimum Gasteiger partial charge on any atom is -0.335 e. The van der Waals surface area contributed by atoms with Gasteiger partial charge in [-0.05, 0) is 24.6 Å². The number of benzene rings is 1. The number of amides is 3. The van der Waals surface area contributed by atoms with Gasteiger partial charge in [0.25, 0.3) is 0 Å². The highest BCUT2D eigenvalue weighted by atomic mass is 19.1. The number of anilines is 1. The Bertz CT molecular complexity index is 591. The van der Waals surface area contributed by atoms with Crippen LogP contribution in [0.3, 0.4) is 0 Å². The summed E-state index contributed by atoms with van der Waals surface area (Å²) in [6.45, 7) is 0.411. The zero-order valence-corrected chi connectivity index (χ0v) is 12.3. The highest BCUT2D eigenvalue weighted by Gasteiger charge is 2.24. The van der Waals surface area contributed by atoms with Gasteiger partial charge in [0, 0.05) is 25.7 Å². The lowest BCUT2D eigenvalue weighted by atomic mass is 10.3. The van der Waals surface area contributed by atoms with E-state index in [1.165, 1.54) is 35.0 Å². The predicted molar refractivity (Wildman–Crippen MR) is 78.5 cm³/mol. The summed E-state index contributed by atoms with van der Waals surface area (Å²) >= 11 is 0. The van der Waals surface area contributed by atoms with Crippen LogP contribution in [-0.4, -0.2) is 54.2 Å². The predicted octanol–water partition coefficient (Wildman–Crippen LogP) is 0.845. The fourth-order valence-electron chi connectivity index (χ4n) is 2.23. The molecule has 0 unspecified atom stereocenters. The van der Waals surface area contributed by atoms with Crippen LogP contribution in [0.4, 0.5) is 10.1 Å². The topological polar surface area (TPSA) is 69.7 Å². The number of carbonyl (C=O) groups excluding carboxylic acids is 3. The smallest absolute Gasteiger partial charge is 0.243 e. The van der Waals surface area contributed by atoms with Crippen molar-refractivity contribution >= 4 is 23.4 Å². The number of rotatable bonds is 5. The van der Waals surface area contributed by atoms with Gasteiger partial charge in [-0.2, -0.15) is 0 Å². The average molecular weight is 307 g/mol. The van der Waals surface area contributed by atoms with Crippen molar-refractivity contribution in [3.63, 3.8) is 0 Å². The normalized spacial score (nSPS) is 14.1. The minimum atomic E-state index is -0.449. The summed E-state index contributed by atoms with van der Waals surface area (Å²) in [6.07, 6.45) is 1.23. The molecule has 0 aromatic heterocycles. The molecule has 1 aliphatic heterocycles. The zero-order chi connectivity index (χ0) is 16.1. The molecule has 2 rings (SSSR count). The van der Waals surface area contributed by atoms with Crippen molar-refractivity contribution in [2.24, 2.45) is 0 Å². The van der Waals surface area contributed by atoms with E-state index in [2.05, 4.69) is 5.32 Å².